The molecule has 0 aliphatic carbocycles. The minimum atomic E-state index is -0.796. The van der Waals surface area contributed by atoms with Crippen molar-refractivity contribution in [2.45, 2.75) is 13.0 Å². The average molecular weight is 457 g/mol. The van der Waals surface area contributed by atoms with E-state index in [1.807, 2.05) is 61.5 Å². The lowest BCUT2D eigenvalue weighted by molar-refractivity contribution is -0.132. The quantitative estimate of drug-likeness (QED) is 0.258. The molecular formula is C26H20N2O4S. The van der Waals surface area contributed by atoms with E-state index in [4.69, 9.17) is 4.74 Å². The molecule has 6 nitrogen and oxygen atoms in total. The summed E-state index contributed by atoms with van der Waals surface area (Å²) < 4.78 is 6.13. The summed E-state index contributed by atoms with van der Waals surface area (Å²) in [5.74, 6) is -0.978. The van der Waals surface area contributed by atoms with E-state index in [1.165, 1.54) is 16.2 Å². The SMILES string of the molecule is COc1ccc2nc(N3C(=O)C(=O)/C(=C(/O)c4ccc(C)cc4)[C@H]3c3ccccc3)sc2c1. The Morgan fingerprint density at radius 1 is 1.03 bits per heavy atom. The van der Waals surface area contributed by atoms with Crippen LogP contribution < -0.4 is 9.64 Å². The van der Waals surface area contributed by atoms with Gasteiger partial charge in [0.05, 0.1) is 28.9 Å². The number of ether oxygens (including phenoxy) is 1. The molecule has 1 saturated heterocycles. The zero-order chi connectivity index (χ0) is 23.1. The molecule has 0 radical (unpaired) electrons. The molecule has 1 aliphatic rings. The van der Waals surface area contributed by atoms with Crippen molar-refractivity contribution in [3.63, 3.8) is 0 Å². The largest absolute Gasteiger partial charge is 0.507 e. The van der Waals surface area contributed by atoms with Gasteiger partial charge in [0.2, 0.25) is 0 Å². The number of anilines is 1. The monoisotopic (exact) mass is 456 g/mol. The fourth-order valence-electron chi connectivity index (χ4n) is 3.97. The van der Waals surface area contributed by atoms with Crippen molar-refractivity contribution < 1.29 is 19.4 Å². The number of rotatable bonds is 4. The Bertz CT molecular complexity index is 1410. The second-order valence-electron chi connectivity index (χ2n) is 7.78. The lowest BCUT2D eigenvalue weighted by Gasteiger charge is -2.22. The predicted molar refractivity (Wildman–Crippen MR) is 129 cm³/mol. The van der Waals surface area contributed by atoms with Crippen LogP contribution in [0.2, 0.25) is 0 Å². The number of aliphatic hydroxyl groups is 1. The van der Waals surface area contributed by atoms with Crippen molar-refractivity contribution >= 4 is 44.1 Å². The number of hydrogen-bond acceptors (Lipinski definition) is 6. The van der Waals surface area contributed by atoms with Crippen LogP contribution in [0.4, 0.5) is 5.13 Å². The van der Waals surface area contributed by atoms with Crippen molar-refractivity contribution in [1.29, 1.82) is 0 Å². The molecule has 33 heavy (non-hydrogen) atoms. The highest BCUT2D eigenvalue weighted by molar-refractivity contribution is 7.22. The maximum atomic E-state index is 13.3. The second kappa shape index (κ2) is 8.18. The van der Waals surface area contributed by atoms with Gasteiger partial charge in [-0.15, -0.1) is 0 Å². The molecule has 5 rings (SSSR count). The molecule has 1 atom stereocenters. The number of aliphatic hydroxyl groups excluding tert-OH is 1. The van der Waals surface area contributed by atoms with Crippen LogP contribution in [0.1, 0.15) is 22.7 Å². The number of Topliss-reactive ketones (excluding diaryl/α,β-unsaturated/α-hetero) is 1. The standard InChI is InChI=1S/C26H20N2O4S/c1-15-8-10-17(11-9-15)23(29)21-22(16-6-4-3-5-7-16)28(25(31)24(21)30)26-27-19-13-12-18(32-2)14-20(19)33-26/h3-14,22,29H,1-2H3/b23-21+/t22-/m1/s1. The molecule has 1 aliphatic heterocycles. The fraction of sp³-hybridized carbons (Fsp3) is 0.115. The fourth-order valence-corrected chi connectivity index (χ4v) is 4.99. The van der Waals surface area contributed by atoms with Crippen LogP contribution in [0.5, 0.6) is 5.75 Å². The first-order chi connectivity index (χ1) is 16.0. The van der Waals surface area contributed by atoms with Crippen LogP contribution in [0.3, 0.4) is 0 Å². The first-order valence-electron chi connectivity index (χ1n) is 10.4. The zero-order valence-electron chi connectivity index (χ0n) is 18.0. The number of ketones is 1. The summed E-state index contributed by atoms with van der Waals surface area (Å²) in [6.45, 7) is 1.94. The van der Waals surface area contributed by atoms with Gasteiger partial charge in [0.25, 0.3) is 5.78 Å². The Kier molecular flexibility index (Phi) is 5.18. The van der Waals surface area contributed by atoms with E-state index < -0.39 is 17.7 Å². The van der Waals surface area contributed by atoms with E-state index in [2.05, 4.69) is 4.98 Å². The molecule has 0 spiro atoms. The summed E-state index contributed by atoms with van der Waals surface area (Å²) in [7, 11) is 1.59. The Hall–Kier alpha value is -3.97. The Morgan fingerprint density at radius 2 is 1.76 bits per heavy atom. The summed E-state index contributed by atoms with van der Waals surface area (Å²) in [6.07, 6.45) is 0. The van der Waals surface area contributed by atoms with Gasteiger partial charge < -0.3 is 9.84 Å². The van der Waals surface area contributed by atoms with Crippen molar-refractivity contribution in [3.8, 4) is 5.75 Å². The highest BCUT2D eigenvalue weighted by Crippen LogP contribution is 2.44. The zero-order valence-corrected chi connectivity index (χ0v) is 18.8. The van der Waals surface area contributed by atoms with E-state index in [9.17, 15) is 14.7 Å². The summed E-state index contributed by atoms with van der Waals surface area (Å²) in [6, 6.07) is 21.0. The first-order valence-corrected chi connectivity index (χ1v) is 11.2. The number of methoxy groups -OCH3 is 1. The van der Waals surface area contributed by atoms with Crippen LogP contribution in [-0.2, 0) is 9.59 Å². The van der Waals surface area contributed by atoms with Gasteiger partial charge in [0.1, 0.15) is 11.5 Å². The van der Waals surface area contributed by atoms with Gasteiger partial charge in [-0.3, -0.25) is 14.5 Å². The lowest BCUT2D eigenvalue weighted by atomic mass is 9.95. The molecule has 0 unspecified atom stereocenters. The lowest BCUT2D eigenvalue weighted by Crippen LogP contribution is -2.29. The van der Waals surface area contributed by atoms with Crippen LogP contribution in [0, 0.1) is 6.92 Å². The Morgan fingerprint density at radius 3 is 2.45 bits per heavy atom. The topological polar surface area (TPSA) is 79.7 Å². The van der Waals surface area contributed by atoms with Gasteiger partial charge in [-0.2, -0.15) is 0 Å². The molecule has 2 heterocycles. The summed E-state index contributed by atoms with van der Waals surface area (Å²) in [5, 5.41) is 11.5. The van der Waals surface area contributed by atoms with Crippen LogP contribution in [0.25, 0.3) is 16.0 Å². The number of hydrogen-bond donors (Lipinski definition) is 1. The highest BCUT2D eigenvalue weighted by atomic mass is 32.1. The summed E-state index contributed by atoms with van der Waals surface area (Å²) in [4.78, 5) is 32.5. The van der Waals surface area contributed by atoms with Crippen LogP contribution in [-0.4, -0.2) is 28.9 Å². The Balaban J connectivity index is 1.71. The number of benzene rings is 3. The maximum absolute atomic E-state index is 13.3. The van der Waals surface area contributed by atoms with Gasteiger partial charge in [-0.05, 0) is 30.7 Å². The summed E-state index contributed by atoms with van der Waals surface area (Å²) in [5.41, 5.74) is 2.96. The average Bonchev–Trinajstić information content (AvgIpc) is 3.37. The normalized spacial score (nSPS) is 17.6. The molecule has 1 amide bonds. The minimum absolute atomic E-state index is 0.0480. The number of nitrogens with zero attached hydrogens (tertiary/aromatic N) is 2. The predicted octanol–water partition coefficient (Wildman–Crippen LogP) is 5.24. The molecule has 0 bridgehead atoms. The van der Waals surface area contributed by atoms with Crippen molar-refractivity contribution in [1.82, 2.24) is 4.98 Å². The third-order valence-electron chi connectivity index (χ3n) is 5.68. The number of fused-ring (bicyclic) bond motifs is 1. The molecule has 1 fully saturated rings. The van der Waals surface area contributed by atoms with E-state index in [0.29, 0.717) is 27.5 Å². The van der Waals surface area contributed by atoms with Gasteiger partial charge in [-0.25, -0.2) is 4.98 Å². The molecule has 1 aromatic heterocycles. The van der Waals surface area contributed by atoms with Crippen molar-refractivity contribution in [3.05, 3.63) is 95.1 Å². The van der Waals surface area contributed by atoms with Gasteiger partial charge in [0.15, 0.2) is 5.13 Å². The van der Waals surface area contributed by atoms with E-state index >= 15 is 0 Å². The highest BCUT2D eigenvalue weighted by Gasteiger charge is 2.48. The third-order valence-corrected chi connectivity index (χ3v) is 6.69. The molecule has 1 N–H and O–H groups in total. The van der Waals surface area contributed by atoms with Crippen LogP contribution in [0.15, 0.2) is 78.4 Å². The number of aryl methyl sites for hydroxylation is 1. The number of thiazole rings is 1. The molecular weight excluding hydrogens is 436 g/mol. The van der Waals surface area contributed by atoms with Gasteiger partial charge >= 0.3 is 5.91 Å². The van der Waals surface area contributed by atoms with E-state index in [-0.39, 0.29) is 11.3 Å². The third kappa shape index (κ3) is 3.56. The first kappa shape index (κ1) is 20.9. The maximum Gasteiger partial charge on any atom is 0.301 e. The Labute approximate surface area is 194 Å². The number of carbonyl (C=O) groups excluding carboxylic acids is 2. The van der Waals surface area contributed by atoms with Crippen molar-refractivity contribution in [2.24, 2.45) is 0 Å². The van der Waals surface area contributed by atoms with Gasteiger partial charge in [0, 0.05) is 5.56 Å². The summed E-state index contributed by atoms with van der Waals surface area (Å²) >= 11 is 1.30. The molecule has 3 aromatic carbocycles. The second-order valence-corrected chi connectivity index (χ2v) is 8.79. The number of carbonyl (C=O) groups is 2. The minimum Gasteiger partial charge on any atom is -0.507 e. The smallest absolute Gasteiger partial charge is 0.301 e. The molecule has 164 valence electrons. The molecule has 7 heteroatoms. The van der Waals surface area contributed by atoms with Crippen molar-refractivity contribution in [2.75, 3.05) is 12.0 Å². The number of amides is 1. The van der Waals surface area contributed by atoms with E-state index in [0.717, 1.165) is 10.3 Å². The van der Waals surface area contributed by atoms with Gasteiger partial charge in [-0.1, -0.05) is 71.5 Å². The molecule has 4 aromatic rings. The van der Waals surface area contributed by atoms with E-state index in [1.54, 1.807) is 25.3 Å². The molecule has 0 saturated carbocycles. The van der Waals surface area contributed by atoms with Crippen LogP contribution >= 0.6 is 11.3 Å². The number of aromatic nitrogens is 1.